The molecule has 0 N–H and O–H groups in total. The second-order valence-corrected chi connectivity index (χ2v) is 5.75. The second-order valence-electron chi connectivity index (χ2n) is 3.76. The Morgan fingerprint density at radius 2 is 2.06 bits per heavy atom. The maximum Gasteiger partial charge on any atom is 0.306 e. The smallest absolute Gasteiger partial charge is 0.306 e. The predicted octanol–water partition coefficient (Wildman–Crippen LogP) is 3.40. The van der Waals surface area contributed by atoms with E-state index in [0.29, 0.717) is 18.1 Å². The van der Waals surface area contributed by atoms with E-state index in [9.17, 15) is 4.79 Å². The van der Waals surface area contributed by atoms with E-state index >= 15 is 0 Å². The normalized spacial score (nSPS) is 11.9. The van der Waals surface area contributed by atoms with Gasteiger partial charge in [-0.1, -0.05) is 18.5 Å². The molecule has 100 valence electrons. The molecule has 1 unspecified atom stereocenters. The minimum atomic E-state index is -0.173. The second kappa shape index (κ2) is 8.27. The first-order valence-corrected chi connectivity index (χ1v) is 7.11. The number of methoxy groups -OCH3 is 1. The molecule has 1 atom stereocenters. The quantitative estimate of drug-likeness (QED) is 0.569. The summed E-state index contributed by atoms with van der Waals surface area (Å²) in [6.07, 6.45) is 0.433. The molecule has 3 nitrogen and oxygen atoms in total. The number of hydrogen-bond acceptors (Lipinski definition) is 4. The maximum atomic E-state index is 11.0. The number of halogens is 1. The predicted molar refractivity (Wildman–Crippen MR) is 75.5 cm³/mol. The summed E-state index contributed by atoms with van der Waals surface area (Å²) in [6.45, 7) is 2.61. The third-order valence-electron chi connectivity index (χ3n) is 2.25. The molecule has 0 aromatic heterocycles. The van der Waals surface area contributed by atoms with E-state index in [4.69, 9.17) is 16.3 Å². The first-order valence-electron chi connectivity index (χ1n) is 5.68. The topological polar surface area (TPSA) is 35.5 Å². The van der Waals surface area contributed by atoms with Crippen molar-refractivity contribution in [2.45, 2.75) is 18.6 Å². The Hall–Kier alpha value is -0.870. The van der Waals surface area contributed by atoms with E-state index in [2.05, 4.69) is 4.74 Å². The highest BCUT2D eigenvalue weighted by molar-refractivity contribution is 7.99. The molecule has 1 aromatic rings. The lowest BCUT2D eigenvalue weighted by atomic mass is 10.3. The zero-order valence-electron chi connectivity index (χ0n) is 10.5. The van der Waals surface area contributed by atoms with Crippen LogP contribution in [0.1, 0.15) is 13.3 Å². The van der Waals surface area contributed by atoms with E-state index in [0.717, 1.165) is 11.5 Å². The van der Waals surface area contributed by atoms with Crippen molar-refractivity contribution < 1.29 is 14.3 Å². The molecule has 0 fully saturated rings. The van der Waals surface area contributed by atoms with Gasteiger partial charge in [0.25, 0.3) is 0 Å². The van der Waals surface area contributed by atoms with Gasteiger partial charge in [0.2, 0.25) is 0 Å². The SMILES string of the molecule is COC(=O)CC(C)SCCOc1ccc(Cl)cc1. The molecule has 0 spiro atoms. The summed E-state index contributed by atoms with van der Waals surface area (Å²) < 4.78 is 10.2. The van der Waals surface area contributed by atoms with Gasteiger partial charge in [0.05, 0.1) is 20.1 Å². The molecule has 0 bridgehead atoms. The fraction of sp³-hybridized carbons (Fsp3) is 0.462. The lowest BCUT2D eigenvalue weighted by molar-refractivity contribution is -0.140. The summed E-state index contributed by atoms with van der Waals surface area (Å²) in [5.74, 6) is 1.47. The van der Waals surface area contributed by atoms with Crippen molar-refractivity contribution in [3.63, 3.8) is 0 Å². The first-order chi connectivity index (χ1) is 8.61. The van der Waals surface area contributed by atoms with Gasteiger partial charge < -0.3 is 9.47 Å². The van der Waals surface area contributed by atoms with Gasteiger partial charge in [-0.3, -0.25) is 4.79 Å². The van der Waals surface area contributed by atoms with E-state index in [-0.39, 0.29) is 11.2 Å². The molecule has 18 heavy (non-hydrogen) atoms. The van der Waals surface area contributed by atoms with Gasteiger partial charge >= 0.3 is 5.97 Å². The fourth-order valence-electron chi connectivity index (χ4n) is 1.32. The van der Waals surface area contributed by atoms with Crippen LogP contribution in [0.15, 0.2) is 24.3 Å². The Morgan fingerprint density at radius 1 is 1.39 bits per heavy atom. The standard InChI is InChI=1S/C13H17ClO3S/c1-10(9-13(15)16-2)18-8-7-17-12-5-3-11(14)4-6-12/h3-6,10H,7-9H2,1-2H3. The molecule has 1 rings (SSSR count). The van der Waals surface area contributed by atoms with Gasteiger partial charge in [0.15, 0.2) is 0 Å². The van der Waals surface area contributed by atoms with E-state index in [1.807, 2.05) is 19.1 Å². The number of thioether (sulfide) groups is 1. The van der Waals surface area contributed by atoms with Gasteiger partial charge in [0, 0.05) is 16.0 Å². The van der Waals surface area contributed by atoms with Crippen LogP contribution < -0.4 is 4.74 Å². The number of carbonyl (C=O) groups excluding carboxylic acids is 1. The number of ether oxygens (including phenoxy) is 2. The van der Waals surface area contributed by atoms with Crippen LogP contribution in [0.5, 0.6) is 5.75 Å². The first kappa shape index (κ1) is 15.2. The van der Waals surface area contributed by atoms with Crippen molar-refractivity contribution >= 4 is 29.3 Å². The minimum Gasteiger partial charge on any atom is -0.493 e. The number of esters is 1. The van der Waals surface area contributed by atoms with Crippen molar-refractivity contribution in [1.29, 1.82) is 0 Å². The third kappa shape index (κ3) is 6.17. The molecular formula is C13H17ClO3S. The zero-order chi connectivity index (χ0) is 13.4. The monoisotopic (exact) mass is 288 g/mol. The van der Waals surface area contributed by atoms with Gasteiger partial charge in [-0.25, -0.2) is 0 Å². The van der Waals surface area contributed by atoms with Crippen LogP contribution in [-0.4, -0.2) is 30.7 Å². The van der Waals surface area contributed by atoms with Crippen LogP contribution >= 0.6 is 23.4 Å². The highest BCUT2D eigenvalue weighted by atomic mass is 35.5. The Bertz CT molecular complexity index is 367. The van der Waals surface area contributed by atoms with Crippen LogP contribution in [0.25, 0.3) is 0 Å². The summed E-state index contributed by atoms with van der Waals surface area (Å²) in [6, 6.07) is 7.27. The molecule has 0 radical (unpaired) electrons. The van der Waals surface area contributed by atoms with Crippen LogP contribution in [0.2, 0.25) is 5.02 Å². The molecule has 0 amide bonds. The molecular weight excluding hydrogens is 272 g/mol. The molecule has 0 heterocycles. The Morgan fingerprint density at radius 3 is 2.67 bits per heavy atom. The number of benzene rings is 1. The number of hydrogen-bond donors (Lipinski definition) is 0. The molecule has 0 saturated heterocycles. The summed E-state index contributed by atoms with van der Waals surface area (Å²) in [5.41, 5.74) is 0. The Kier molecular flexibility index (Phi) is 6.98. The highest BCUT2D eigenvalue weighted by Crippen LogP contribution is 2.17. The Balaban J connectivity index is 2.14. The zero-order valence-corrected chi connectivity index (χ0v) is 12.1. The van der Waals surface area contributed by atoms with Crippen molar-refractivity contribution in [3.05, 3.63) is 29.3 Å². The highest BCUT2D eigenvalue weighted by Gasteiger charge is 2.09. The van der Waals surface area contributed by atoms with Crippen LogP contribution in [0, 0.1) is 0 Å². The molecule has 0 aliphatic rings. The summed E-state index contributed by atoms with van der Waals surface area (Å²) in [4.78, 5) is 11.0. The number of carbonyl (C=O) groups is 1. The Labute approximate surface area is 117 Å². The average Bonchev–Trinajstić information content (AvgIpc) is 2.36. The average molecular weight is 289 g/mol. The largest absolute Gasteiger partial charge is 0.493 e. The molecule has 0 aliphatic carbocycles. The van der Waals surface area contributed by atoms with E-state index < -0.39 is 0 Å². The summed E-state index contributed by atoms with van der Waals surface area (Å²) in [5, 5.41) is 0.940. The lowest BCUT2D eigenvalue weighted by Gasteiger charge is -2.10. The molecule has 1 aromatic carbocycles. The summed E-state index contributed by atoms with van der Waals surface area (Å²) in [7, 11) is 1.41. The van der Waals surface area contributed by atoms with Gasteiger partial charge in [-0.2, -0.15) is 11.8 Å². The van der Waals surface area contributed by atoms with Crippen LogP contribution in [0.4, 0.5) is 0 Å². The van der Waals surface area contributed by atoms with Gasteiger partial charge in [-0.05, 0) is 24.3 Å². The molecule has 0 saturated carbocycles. The van der Waals surface area contributed by atoms with Crippen LogP contribution in [-0.2, 0) is 9.53 Å². The fourth-order valence-corrected chi connectivity index (χ4v) is 2.28. The van der Waals surface area contributed by atoms with Gasteiger partial charge in [0.1, 0.15) is 5.75 Å². The minimum absolute atomic E-state index is 0.173. The lowest BCUT2D eigenvalue weighted by Crippen LogP contribution is -2.11. The van der Waals surface area contributed by atoms with Crippen LogP contribution in [0.3, 0.4) is 0 Å². The van der Waals surface area contributed by atoms with E-state index in [1.54, 1.807) is 23.9 Å². The molecule has 0 aliphatic heterocycles. The third-order valence-corrected chi connectivity index (χ3v) is 3.64. The summed E-state index contributed by atoms with van der Waals surface area (Å²) >= 11 is 7.46. The van der Waals surface area contributed by atoms with Crippen molar-refractivity contribution in [2.75, 3.05) is 19.5 Å². The maximum absolute atomic E-state index is 11.0. The van der Waals surface area contributed by atoms with Crippen molar-refractivity contribution in [2.24, 2.45) is 0 Å². The molecule has 5 heteroatoms. The van der Waals surface area contributed by atoms with Gasteiger partial charge in [-0.15, -0.1) is 0 Å². The number of rotatable bonds is 7. The van der Waals surface area contributed by atoms with Crippen molar-refractivity contribution in [1.82, 2.24) is 0 Å². The van der Waals surface area contributed by atoms with E-state index in [1.165, 1.54) is 7.11 Å². The van der Waals surface area contributed by atoms with Crippen molar-refractivity contribution in [3.8, 4) is 5.75 Å².